The molecule has 0 unspecified atom stereocenters. The van der Waals surface area contributed by atoms with Gasteiger partial charge < -0.3 is 10.2 Å². The van der Waals surface area contributed by atoms with Gasteiger partial charge in [-0.2, -0.15) is 0 Å². The topological polar surface area (TPSA) is 15.3 Å². The normalized spacial score (nSPS) is 16.9. The van der Waals surface area contributed by atoms with Crippen molar-refractivity contribution in [1.82, 2.24) is 10.2 Å². The minimum atomic E-state index is 1.13. The van der Waals surface area contributed by atoms with Crippen LogP contribution in [-0.4, -0.2) is 43.4 Å². The van der Waals surface area contributed by atoms with Gasteiger partial charge in [0.1, 0.15) is 0 Å². The first-order valence-electron chi connectivity index (χ1n) is 7.03. The Bertz CT molecular complexity index is 331. The fourth-order valence-corrected chi connectivity index (χ4v) is 3.07. The number of aryl methyl sites for hydroxylation is 1. The van der Waals surface area contributed by atoms with E-state index >= 15 is 0 Å². The monoisotopic (exact) mass is 264 g/mol. The molecular formula is C15H24N2S. The molecule has 0 amide bonds. The molecule has 1 N–H and O–H groups in total. The van der Waals surface area contributed by atoms with E-state index < -0.39 is 0 Å². The third-order valence-electron chi connectivity index (χ3n) is 3.43. The third-order valence-corrected chi connectivity index (χ3v) is 4.53. The molecule has 1 heterocycles. The molecule has 2 rings (SSSR count). The van der Waals surface area contributed by atoms with E-state index in [4.69, 9.17) is 0 Å². The zero-order chi connectivity index (χ0) is 12.6. The average molecular weight is 264 g/mol. The quantitative estimate of drug-likeness (QED) is 0.628. The largest absolute Gasteiger partial charge is 0.314 e. The van der Waals surface area contributed by atoms with Crippen LogP contribution in [0.25, 0.3) is 0 Å². The zero-order valence-electron chi connectivity index (χ0n) is 11.3. The van der Waals surface area contributed by atoms with Crippen molar-refractivity contribution in [3.8, 4) is 0 Å². The van der Waals surface area contributed by atoms with E-state index in [0.717, 1.165) is 19.5 Å². The van der Waals surface area contributed by atoms with Crippen LogP contribution >= 0.6 is 11.8 Å². The SMILES string of the molecule is CCc1ccc(SCCCN2CCNCC2)cc1. The number of nitrogens with zero attached hydrogens (tertiary/aromatic N) is 1. The van der Waals surface area contributed by atoms with Gasteiger partial charge in [0.15, 0.2) is 0 Å². The van der Waals surface area contributed by atoms with Gasteiger partial charge in [-0.25, -0.2) is 0 Å². The molecule has 0 bridgehead atoms. The number of hydrogen-bond acceptors (Lipinski definition) is 3. The standard InChI is InChI=1S/C15H24N2S/c1-2-14-4-6-15(7-5-14)18-13-3-10-17-11-8-16-9-12-17/h4-7,16H,2-3,8-13H2,1H3. The number of nitrogens with one attached hydrogen (secondary N) is 1. The van der Waals surface area contributed by atoms with Crippen LogP contribution in [0.3, 0.4) is 0 Å². The highest BCUT2D eigenvalue weighted by Gasteiger charge is 2.08. The molecule has 0 aromatic heterocycles. The summed E-state index contributed by atoms with van der Waals surface area (Å²) in [5.74, 6) is 1.23. The van der Waals surface area contributed by atoms with Gasteiger partial charge in [0.2, 0.25) is 0 Å². The van der Waals surface area contributed by atoms with Gasteiger partial charge in [0, 0.05) is 31.1 Å². The fourth-order valence-electron chi connectivity index (χ4n) is 2.23. The summed E-state index contributed by atoms with van der Waals surface area (Å²) < 4.78 is 0. The minimum absolute atomic E-state index is 1.13. The summed E-state index contributed by atoms with van der Waals surface area (Å²) in [5.41, 5.74) is 1.43. The molecule has 100 valence electrons. The highest BCUT2D eigenvalue weighted by atomic mass is 32.2. The maximum absolute atomic E-state index is 3.39. The lowest BCUT2D eigenvalue weighted by Crippen LogP contribution is -2.43. The van der Waals surface area contributed by atoms with Crippen LogP contribution in [0.1, 0.15) is 18.9 Å². The van der Waals surface area contributed by atoms with Gasteiger partial charge in [0.25, 0.3) is 0 Å². The molecule has 1 fully saturated rings. The first-order valence-corrected chi connectivity index (χ1v) is 8.02. The lowest BCUT2D eigenvalue weighted by molar-refractivity contribution is 0.242. The molecule has 1 aromatic carbocycles. The van der Waals surface area contributed by atoms with Gasteiger partial charge in [-0.15, -0.1) is 11.8 Å². The second kappa shape index (κ2) is 7.82. The van der Waals surface area contributed by atoms with Crippen molar-refractivity contribution < 1.29 is 0 Å². The van der Waals surface area contributed by atoms with Crippen LogP contribution in [0.4, 0.5) is 0 Å². The number of hydrogen-bond donors (Lipinski definition) is 1. The molecule has 0 radical (unpaired) electrons. The predicted octanol–water partition coefficient (Wildman–Crippen LogP) is 2.64. The lowest BCUT2D eigenvalue weighted by Gasteiger charge is -2.26. The molecule has 1 aliphatic rings. The second-order valence-corrected chi connectivity index (χ2v) is 5.96. The van der Waals surface area contributed by atoms with Crippen molar-refractivity contribution in [3.05, 3.63) is 29.8 Å². The highest BCUT2D eigenvalue weighted by molar-refractivity contribution is 7.99. The fraction of sp³-hybridized carbons (Fsp3) is 0.600. The summed E-state index contributed by atoms with van der Waals surface area (Å²) in [4.78, 5) is 3.98. The molecule has 0 atom stereocenters. The van der Waals surface area contributed by atoms with Gasteiger partial charge in [-0.3, -0.25) is 0 Å². The van der Waals surface area contributed by atoms with Crippen molar-refractivity contribution in [3.63, 3.8) is 0 Å². The summed E-state index contributed by atoms with van der Waals surface area (Å²) in [5, 5.41) is 3.39. The Kier molecular flexibility index (Phi) is 6.05. The molecule has 0 aliphatic carbocycles. The molecule has 1 saturated heterocycles. The summed E-state index contributed by atoms with van der Waals surface area (Å²) in [6, 6.07) is 9.01. The van der Waals surface area contributed by atoms with Gasteiger partial charge >= 0.3 is 0 Å². The van der Waals surface area contributed by atoms with Gasteiger partial charge in [-0.05, 0) is 42.8 Å². The Hall–Kier alpha value is -0.510. The van der Waals surface area contributed by atoms with Crippen molar-refractivity contribution in [2.45, 2.75) is 24.7 Å². The number of rotatable bonds is 6. The second-order valence-electron chi connectivity index (χ2n) is 4.79. The Balaban J connectivity index is 1.62. The van der Waals surface area contributed by atoms with E-state index in [1.807, 2.05) is 11.8 Å². The number of benzene rings is 1. The Morgan fingerprint density at radius 1 is 1.17 bits per heavy atom. The van der Waals surface area contributed by atoms with Crippen LogP contribution in [0.2, 0.25) is 0 Å². The van der Waals surface area contributed by atoms with Crippen molar-refractivity contribution in [2.24, 2.45) is 0 Å². The maximum Gasteiger partial charge on any atom is 0.0107 e. The molecule has 2 nitrogen and oxygen atoms in total. The van der Waals surface area contributed by atoms with Gasteiger partial charge in [0.05, 0.1) is 0 Å². The molecule has 1 aromatic rings. The van der Waals surface area contributed by atoms with Crippen molar-refractivity contribution >= 4 is 11.8 Å². The third kappa shape index (κ3) is 4.63. The highest BCUT2D eigenvalue weighted by Crippen LogP contribution is 2.19. The van der Waals surface area contributed by atoms with E-state index in [-0.39, 0.29) is 0 Å². The minimum Gasteiger partial charge on any atom is -0.314 e. The molecule has 0 spiro atoms. The Morgan fingerprint density at radius 3 is 2.56 bits per heavy atom. The van der Waals surface area contributed by atoms with Crippen molar-refractivity contribution in [2.75, 3.05) is 38.5 Å². The lowest BCUT2D eigenvalue weighted by atomic mass is 10.2. The predicted molar refractivity (Wildman–Crippen MR) is 80.5 cm³/mol. The average Bonchev–Trinajstić information content (AvgIpc) is 2.45. The summed E-state index contributed by atoms with van der Waals surface area (Å²) in [7, 11) is 0. The summed E-state index contributed by atoms with van der Waals surface area (Å²) in [6.07, 6.45) is 2.42. The Morgan fingerprint density at radius 2 is 1.89 bits per heavy atom. The van der Waals surface area contributed by atoms with Crippen LogP contribution in [0.15, 0.2) is 29.2 Å². The Labute approximate surface area is 115 Å². The molecular weight excluding hydrogens is 240 g/mol. The molecule has 1 aliphatic heterocycles. The molecule has 3 heteroatoms. The van der Waals surface area contributed by atoms with E-state index in [1.54, 1.807) is 0 Å². The van der Waals surface area contributed by atoms with E-state index in [9.17, 15) is 0 Å². The zero-order valence-corrected chi connectivity index (χ0v) is 12.1. The maximum atomic E-state index is 3.39. The molecule has 18 heavy (non-hydrogen) atoms. The van der Waals surface area contributed by atoms with Crippen LogP contribution in [0.5, 0.6) is 0 Å². The van der Waals surface area contributed by atoms with Crippen LogP contribution < -0.4 is 5.32 Å². The van der Waals surface area contributed by atoms with E-state index in [1.165, 1.54) is 42.3 Å². The number of piperazine rings is 1. The first-order chi connectivity index (χ1) is 8.88. The number of thioether (sulfide) groups is 1. The van der Waals surface area contributed by atoms with Crippen LogP contribution in [0, 0.1) is 0 Å². The van der Waals surface area contributed by atoms with Gasteiger partial charge in [-0.1, -0.05) is 19.1 Å². The molecule has 0 saturated carbocycles. The first kappa shape index (κ1) is 13.9. The summed E-state index contributed by atoms with van der Waals surface area (Å²) >= 11 is 1.99. The smallest absolute Gasteiger partial charge is 0.0107 e. The van der Waals surface area contributed by atoms with E-state index in [0.29, 0.717) is 0 Å². The van der Waals surface area contributed by atoms with Crippen LogP contribution in [-0.2, 0) is 6.42 Å². The summed E-state index contributed by atoms with van der Waals surface area (Å²) in [6.45, 7) is 8.21. The van der Waals surface area contributed by atoms with Crippen molar-refractivity contribution in [1.29, 1.82) is 0 Å². The van der Waals surface area contributed by atoms with E-state index in [2.05, 4.69) is 41.4 Å².